The predicted octanol–water partition coefficient (Wildman–Crippen LogP) is 3.62. The fourth-order valence-electron chi connectivity index (χ4n) is 3.89. The molecule has 1 saturated carbocycles. The van der Waals surface area contributed by atoms with Gasteiger partial charge in [0.1, 0.15) is 0 Å². The van der Waals surface area contributed by atoms with Gasteiger partial charge >= 0.3 is 5.97 Å². The fourth-order valence-corrected chi connectivity index (χ4v) is 3.89. The number of hydrogen-bond acceptors (Lipinski definition) is 3. The van der Waals surface area contributed by atoms with E-state index in [1.807, 2.05) is 48.5 Å². The second kappa shape index (κ2) is 7.38. The maximum Gasteiger partial charge on any atom is 0.337 e. The van der Waals surface area contributed by atoms with Gasteiger partial charge in [0.05, 0.1) is 6.04 Å². The molecule has 4 nitrogen and oxygen atoms in total. The Balaban J connectivity index is 1.95. The molecule has 0 heterocycles. The molecule has 4 heteroatoms. The summed E-state index contributed by atoms with van der Waals surface area (Å²) in [6.07, 6.45) is 1.72. The molecular formula is C21H25NO3. The molecule has 2 aromatic rings. The zero-order valence-electron chi connectivity index (χ0n) is 14.5. The molecule has 0 spiro atoms. The molecule has 25 heavy (non-hydrogen) atoms. The summed E-state index contributed by atoms with van der Waals surface area (Å²) in [5, 5.41) is 20.5. The Kier molecular flexibility index (Phi) is 5.21. The van der Waals surface area contributed by atoms with Gasteiger partial charge in [-0.3, -0.25) is 4.90 Å². The molecule has 3 rings (SSSR count). The van der Waals surface area contributed by atoms with Crippen molar-refractivity contribution in [2.24, 2.45) is 0 Å². The van der Waals surface area contributed by atoms with Crippen LogP contribution in [0.15, 0.2) is 60.7 Å². The highest BCUT2D eigenvalue weighted by Gasteiger charge is 2.51. The molecule has 1 aliphatic rings. The number of aliphatic hydroxyl groups is 1. The summed E-state index contributed by atoms with van der Waals surface area (Å²) in [5.41, 5.74) is 0.556. The van der Waals surface area contributed by atoms with Gasteiger partial charge in [-0.2, -0.15) is 0 Å². The molecule has 0 amide bonds. The van der Waals surface area contributed by atoms with Gasteiger partial charge in [-0.25, -0.2) is 4.79 Å². The second-order valence-corrected chi connectivity index (χ2v) is 6.88. The van der Waals surface area contributed by atoms with Crippen LogP contribution in [0, 0.1) is 0 Å². The number of aliphatic carboxylic acids is 1. The number of carbonyl (C=O) groups is 1. The van der Waals surface area contributed by atoms with Crippen LogP contribution in [0.4, 0.5) is 0 Å². The van der Waals surface area contributed by atoms with Crippen molar-refractivity contribution in [2.75, 3.05) is 0 Å². The van der Waals surface area contributed by atoms with Crippen LogP contribution in [0.3, 0.4) is 0 Å². The van der Waals surface area contributed by atoms with Crippen molar-refractivity contribution in [1.29, 1.82) is 0 Å². The molecule has 1 fully saturated rings. The molecule has 1 aliphatic carbocycles. The zero-order valence-corrected chi connectivity index (χ0v) is 14.5. The minimum atomic E-state index is -1.68. The molecule has 0 aliphatic heterocycles. The van der Waals surface area contributed by atoms with Crippen molar-refractivity contribution >= 4 is 5.97 Å². The van der Waals surface area contributed by atoms with Crippen LogP contribution in [-0.4, -0.2) is 32.7 Å². The number of hydrogen-bond donors (Lipinski definition) is 2. The fraction of sp³-hybridized carbons (Fsp3) is 0.381. The van der Waals surface area contributed by atoms with Gasteiger partial charge in [-0.15, -0.1) is 0 Å². The summed E-state index contributed by atoms with van der Waals surface area (Å²) in [6.45, 7) is 2.69. The second-order valence-electron chi connectivity index (χ2n) is 6.88. The van der Waals surface area contributed by atoms with E-state index < -0.39 is 17.6 Å². The van der Waals surface area contributed by atoms with E-state index >= 15 is 0 Å². The lowest BCUT2D eigenvalue weighted by Gasteiger charge is -2.40. The third-order valence-electron chi connectivity index (χ3n) is 5.34. The van der Waals surface area contributed by atoms with Crippen LogP contribution in [0.2, 0.25) is 0 Å². The summed E-state index contributed by atoms with van der Waals surface area (Å²) in [5.74, 6) is -1.12. The Labute approximate surface area is 148 Å². The van der Waals surface area contributed by atoms with Crippen LogP contribution < -0.4 is 0 Å². The van der Waals surface area contributed by atoms with Crippen LogP contribution >= 0.6 is 0 Å². The summed E-state index contributed by atoms with van der Waals surface area (Å²) < 4.78 is 0. The van der Waals surface area contributed by atoms with Gasteiger partial charge in [-0.05, 0) is 37.3 Å². The SMILES string of the molecule is C[C@H](c1ccccc1)N(Cc1ccccc1)[C@@H]1CCC[C@]1(O)C(=O)O. The molecule has 0 radical (unpaired) electrons. The highest BCUT2D eigenvalue weighted by atomic mass is 16.4. The van der Waals surface area contributed by atoms with Gasteiger partial charge in [0.15, 0.2) is 5.60 Å². The third kappa shape index (κ3) is 3.60. The Morgan fingerprint density at radius 3 is 2.36 bits per heavy atom. The molecule has 0 saturated heterocycles. The molecular weight excluding hydrogens is 314 g/mol. The number of carboxylic acid groups (broad SMARTS) is 1. The molecule has 132 valence electrons. The Morgan fingerprint density at radius 2 is 1.76 bits per heavy atom. The van der Waals surface area contributed by atoms with E-state index in [1.54, 1.807) is 0 Å². The van der Waals surface area contributed by atoms with Crippen molar-refractivity contribution in [1.82, 2.24) is 4.90 Å². The first-order valence-corrected chi connectivity index (χ1v) is 8.83. The van der Waals surface area contributed by atoms with Gasteiger partial charge in [0, 0.05) is 12.6 Å². The van der Waals surface area contributed by atoms with Gasteiger partial charge < -0.3 is 10.2 Å². The first-order valence-electron chi connectivity index (χ1n) is 8.83. The molecule has 0 unspecified atom stereocenters. The summed E-state index contributed by atoms with van der Waals surface area (Å²) in [4.78, 5) is 13.9. The van der Waals surface area contributed by atoms with Crippen LogP contribution in [0.1, 0.15) is 43.4 Å². The van der Waals surface area contributed by atoms with E-state index in [4.69, 9.17) is 0 Å². The van der Waals surface area contributed by atoms with Gasteiger partial charge in [-0.1, -0.05) is 60.7 Å². The Morgan fingerprint density at radius 1 is 1.16 bits per heavy atom. The van der Waals surface area contributed by atoms with Crippen molar-refractivity contribution in [3.8, 4) is 0 Å². The summed E-state index contributed by atoms with van der Waals surface area (Å²) in [7, 11) is 0. The molecule has 3 atom stereocenters. The zero-order chi connectivity index (χ0) is 17.9. The average molecular weight is 339 g/mol. The monoisotopic (exact) mass is 339 g/mol. The van der Waals surface area contributed by atoms with Crippen molar-refractivity contribution < 1.29 is 15.0 Å². The van der Waals surface area contributed by atoms with Crippen molar-refractivity contribution in [3.05, 3.63) is 71.8 Å². The Bertz CT molecular complexity index is 704. The molecule has 2 N–H and O–H groups in total. The number of nitrogens with zero attached hydrogens (tertiary/aromatic N) is 1. The quantitative estimate of drug-likeness (QED) is 0.844. The number of carboxylic acids is 1. The lowest BCUT2D eigenvalue weighted by atomic mass is 9.93. The van der Waals surface area contributed by atoms with Crippen molar-refractivity contribution in [2.45, 2.75) is 50.4 Å². The first-order chi connectivity index (χ1) is 12.0. The van der Waals surface area contributed by atoms with Crippen LogP contribution in [-0.2, 0) is 11.3 Å². The van der Waals surface area contributed by atoms with E-state index in [1.165, 1.54) is 0 Å². The van der Waals surface area contributed by atoms with Gasteiger partial charge in [0.25, 0.3) is 0 Å². The Hall–Kier alpha value is -2.17. The molecule has 2 aromatic carbocycles. The third-order valence-corrected chi connectivity index (χ3v) is 5.34. The van der Waals surface area contributed by atoms with Crippen LogP contribution in [0.25, 0.3) is 0 Å². The molecule has 0 aromatic heterocycles. The van der Waals surface area contributed by atoms with Crippen molar-refractivity contribution in [3.63, 3.8) is 0 Å². The number of benzene rings is 2. The maximum absolute atomic E-state index is 11.8. The largest absolute Gasteiger partial charge is 0.479 e. The lowest BCUT2D eigenvalue weighted by molar-refractivity contribution is -0.165. The minimum Gasteiger partial charge on any atom is -0.479 e. The highest BCUT2D eigenvalue weighted by molar-refractivity contribution is 5.78. The molecule has 0 bridgehead atoms. The average Bonchev–Trinajstić information content (AvgIpc) is 3.04. The normalized spacial score (nSPS) is 24.4. The highest BCUT2D eigenvalue weighted by Crippen LogP contribution is 2.39. The minimum absolute atomic E-state index is 0.00961. The van der Waals surface area contributed by atoms with E-state index in [9.17, 15) is 15.0 Å². The van der Waals surface area contributed by atoms with Crippen LogP contribution in [0.5, 0.6) is 0 Å². The number of rotatable bonds is 6. The summed E-state index contributed by atoms with van der Waals surface area (Å²) in [6, 6.07) is 19.7. The lowest BCUT2D eigenvalue weighted by Crippen LogP contribution is -2.54. The van der Waals surface area contributed by atoms with E-state index in [2.05, 4.69) is 24.0 Å². The van der Waals surface area contributed by atoms with E-state index in [0.717, 1.165) is 17.5 Å². The first kappa shape index (κ1) is 17.6. The topological polar surface area (TPSA) is 60.8 Å². The standard InChI is InChI=1S/C21H25NO3/c1-16(18-11-6-3-7-12-18)22(15-17-9-4-2-5-10-17)19-13-8-14-21(19,25)20(23)24/h2-7,9-12,16,19,25H,8,13-15H2,1H3,(H,23,24)/t16-,19-,21-/m1/s1. The van der Waals surface area contributed by atoms with E-state index in [-0.39, 0.29) is 6.04 Å². The smallest absolute Gasteiger partial charge is 0.337 e. The summed E-state index contributed by atoms with van der Waals surface area (Å²) >= 11 is 0. The predicted molar refractivity (Wildman–Crippen MR) is 97.1 cm³/mol. The van der Waals surface area contributed by atoms with Gasteiger partial charge in [0.2, 0.25) is 0 Å². The van der Waals surface area contributed by atoms with E-state index in [0.29, 0.717) is 19.4 Å². The maximum atomic E-state index is 11.8.